The fourth-order valence-electron chi connectivity index (χ4n) is 3.44. The molecule has 0 spiro atoms. The standard InChI is InChI=1S/C22H24FN5O2S/c1-3-7-18-25-26-22-28(18)27-19(14-10-12-15(13-11-14)30-4-2)20(31-22)21(29)24-17-9-6-5-8-16(17)23/h5-6,8-13,19-20,27H,3-4,7H2,1-2H3,(H,24,29)/t19-,20+/m1/s1. The molecule has 2 heterocycles. The van der Waals surface area contributed by atoms with E-state index in [-0.39, 0.29) is 17.6 Å². The van der Waals surface area contributed by atoms with Gasteiger partial charge in [0.1, 0.15) is 16.8 Å². The molecule has 2 N–H and O–H groups in total. The number of carbonyl (C=O) groups is 1. The maximum atomic E-state index is 14.1. The first-order valence-electron chi connectivity index (χ1n) is 10.3. The van der Waals surface area contributed by atoms with E-state index < -0.39 is 11.1 Å². The molecule has 1 amide bonds. The van der Waals surface area contributed by atoms with Crippen LogP contribution in [0.15, 0.2) is 53.7 Å². The zero-order chi connectivity index (χ0) is 21.8. The monoisotopic (exact) mass is 441 g/mol. The first-order valence-corrected chi connectivity index (χ1v) is 11.1. The summed E-state index contributed by atoms with van der Waals surface area (Å²) in [5.74, 6) is 0.788. The van der Waals surface area contributed by atoms with Crippen LogP contribution in [-0.2, 0) is 11.2 Å². The fraction of sp³-hybridized carbons (Fsp3) is 0.318. The summed E-state index contributed by atoms with van der Waals surface area (Å²) in [7, 11) is 0. The molecular formula is C22H24FN5O2S. The third-order valence-corrected chi connectivity index (χ3v) is 6.13. The van der Waals surface area contributed by atoms with Gasteiger partial charge in [-0.15, -0.1) is 10.2 Å². The molecule has 2 aromatic carbocycles. The first-order chi connectivity index (χ1) is 15.1. The van der Waals surface area contributed by atoms with Crippen LogP contribution in [-0.4, -0.2) is 32.6 Å². The van der Waals surface area contributed by atoms with E-state index in [2.05, 4.69) is 27.9 Å². The highest BCUT2D eigenvalue weighted by molar-refractivity contribution is 8.00. The highest BCUT2D eigenvalue weighted by atomic mass is 32.2. The van der Waals surface area contributed by atoms with Gasteiger partial charge in [-0.25, -0.2) is 9.07 Å². The topological polar surface area (TPSA) is 81.1 Å². The summed E-state index contributed by atoms with van der Waals surface area (Å²) in [4.78, 5) is 13.2. The van der Waals surface area contributed by atoms with Crippen molar-refractivity contribution >= 4 is 23.4 Å². The van der Waals surface area contributed by atoms with E-state index in [0.29, 0.717) is 11.8 Å². The number of rotatable bonds is 7. The van der Waals surface area contributed by atoms with Gasteiger partial charge in [-0.1, -0.05) is 43.0 Å². The SMILES string of the molecule is CCCc1nnc2n1N[C@H](c1ccc(OCC)cc1)[C@@H](C(=O)Nc1ccccc1F)S2. The number of hydrogen-bond acceptors (Lipinski definition) is 6. The summed E-state index contributed by atoms with van der Waals surface area (Å²) in [5, 5.41) is 11.3. The van der Waals surface area contributed by atoms with E-state index in [1.807, 2.05) is 35.9 Å². The summed E-state index contributed by atoms with van der Waals surface area (Å²) in [6, 6.07) is 13.4. The molecule has 9 heteroatoms. The Morgan fingerprint density at radius 1 is 1.19 bits per heavy atom. The van der Waals surface area contributed by atoms with E-state index in [9.17, 15) is 9.18 Å². The highest BCUT2D eigenvalue weighted by Crippen LogP contribution is 2.38. The summed E-state index contributed by atoms with van der Waals surface area (Å²) < 4.78 is 21.5. The molecule has 0 radical (unpaired) electrons. The number of fused-ring (bicyclic) bond motifs is 1. The van der Waals surface area contributed by atoms with Crippen LogP contribution in [0, 0.1) is 5.82 Å². The molecule has 1 aromatic heterocycles. The fourth-order valence-corrected chi connectivity index (χ4v) is 4.54. The molecule has 4 rings (SSSR count). The molecule has 0 unspecified atom stereocenters. The van der Waals surface area contributed by atoms with Gasteiger partial charge in [0, 0.05) is 6.42 Å². The van der Waals surface area contributed by atoms with Crippen molar-refractivity contribution in [3.63, 3.8) is 0 Å². The predicted octanol–water partition coefficient (Wildman–Crippen LogP) is 4.17. The summed E-state index contributed by atoms with van der Waals surface area (Å²) >= 11 is 1.32. The van der Waals surface area contributed by atoms with Gasteiger partial charge < -0.3 is 15.5 Å². The number of nitrogens with zero attached hydrogens (tertiary/aromatic N) is 3. The van der Waals surface area contributed by atoms with Gasteiger partial charge in [0.2, 0.25) is 11.1 Å². The molecule has 2 atom stereocenters. The van der Waals surface area contributed by atoms with Crippen LogP contribution in [0.4, 0.5) is 10.1 Å². The number of carbonyl (C=O) groups excluding carboxylic acids is 1. The normalized spacial score (nSPS) is 17.5. The lowest BCUT2D eigenvalue weighted by atomic mass is 10.0. The number of thioether (sulfide) groups is 1. The number of amides is 1. The van der Waals surface area contributed by atoms with Gasteiger partial charge in [-0.3, -0.25) is 4.79 Å². The number of anilines is 1. The second-order valence-electron chi connectivity index (χ2n) is 7.10. The maximum Gasteiger partial charge on any atom is 0.240 e. The summed E-state index contributed by atoms with van der Waals surface area (Å²) in [6.45, 7) is 4.58. The number of hydrogen-bond donors (Lipinski definition) is 2. The van der Waals surface area contributed by atoms with Gasteiger partial charge in [0.15, 0.2) is 5.82 Å². The van der Waals surface area contributed by atoms with Gasteiger partial charge in [-0.05, 0) is 43.2 Å². The van der Waals surface area contributed by atoms with Gasteiger partial charge in [0.05, 0.1) is 18.3 Å². The van der Waals surface area contributed by atoms with E-state index in [0.717, 1.165) is 30.0 Å². The predicted molar refractivity (Wildman–Crippen MR) is 118 cm³/mol. The number of aromatic nitrogens is 3. The molecule has 1 aliphatic heterocycles. The van der Waals surface area contributed by atoms with Gasteiger partial charge >= 0.3 is 0 Å². The van der Waals surface area contributed by atoms with Crippen LogP contribution in [0.2, 0.25) is 0 Å². The zero-order valence-corrected chi connectivity index (χ0v) is 18.2. The highest BCUT2D eigenvalue weighted by Gasteiger charge is 2.38. The summed E-state index contributed by atoms with van der Waals surface area (Å²) in [6.07, 6.45) is 1.69. The van der Waals surface area contributed by atoms with Crippen molar-refractivity contribution in [3.05, 3.63) is 65.7 Å². The van der Waals surface area contributed by atoms with E-state index in [4.69, 9.17) is 4.74 Å². The maximum absolute atomic E-state index is 14.1. The molecule has 31 heavy (non-hydrogen) atoms. The third-order valence-electron chi connectivity index (χ3n) is 4.92. The molecule has 7 nitrogen and oxygen atoms in total. The van der Waals surface area contributed by atoms with Crippen molar-refractivity contribution in [2.24, 2.45) is 0 Å². The Bertz CT molecular complexity index is 1060. The van der Waals surface area contributed by atoms with Crippen LogP contribution in [0.5, 0.6) is 5.75 Å². The molecule has 1 aliphatic rings. The lowest BCUT2D eigenvalue weighted by Gasteiger charge is -2.33. The first kappa shape index (κ1) is 21.2. The molecule has 0 bridgehead atoms. The third kappa shape index (κ3) is 4.51. The zero-order valence-electron chi connectivity index (χ0n) is 17.3. The lowest BCUT2D eigenvalue weighted by molar-refractivity contribution is -0.116. The molecule has 3 aromatic rings. The van der Waals surface area contributed by atoms with Crippen LogP contribution in [0.25, 0.3) is 0 Å². The molecule has 0 saturated carbocycles. The Hall–Kier alpha value is -3.07. The Labute approximate surface area is 184 Å². The average Bonchev–Trinajstić information content (AvgIpc) is 3.17. The average molecular weight is 442 g/mol. The molecule has 0 aliphatic carbocycles. The van der Waals surface area contributed by atoms with Gasteiger partial charge in [-0.2, -0.15) is 0 Å². The number of ether oxygens (including phenoxy) is 1. The van der Waals surface area contributed by atoms with Crippen LogP contribution in [0.3, 0.4) is 0 Å². The Morgan fingerprint density at radius 3 is 2.68 bits per heavy atom. The number of para-hydroxylation sites is 1. The van der Waals surface area contributed by atoms with Crippen LogP contribution < -0.4 is 15.5 Å². The van der Waals surface area contributed by atoms with E-state index >= 15 is 0 Å². The Morgan fingerprint density at radius 2 is 1.97 bits per heavy atom. The Balaban J connectivity index is 1.66. The van der Waals surface area contributed by atoms with Crippen molar-refractivity contribution in [1.29, 1.82) is 0 Å². The van der Waals surface area contributed by atoms with E-state index in [1.54, 1.807) is 18.2 Å². The Kier molecular flexibility index (Phi) is 6.41. The number of halogens is 1. The van der Waals surface area contributed by atoms with Crippen molar-refractivity contribution in [2.75, 3.05) is 17.3 Å². The smallest absolute Gasteiger partial charge is 0.240 e. The van der Waals surface area contributed by atoms with E-state index in [1.165, 1.54) is 17.8 Å². The minimum atomic E-state index is -0.580. The van der Waals surface area contributed by atoms with Crippen molar-refractivity contribution in [2.45, 2.75) is 43.1 Å². The van der Waals surface area contributed by atoms with Crippen LogP contribution >= 0.6 is 11.8 Å². The minimum Gasteiger partial charge on any atom is -0.494 e. The second-order valence-corrected chi connectivity index (χ2v) is 8.21. The van der Waals surface area contributed by atoms with Crippen molar-refractivity contribution in [3.8, 4) is 5.75 Å². The number of aryl methyl sites for hydroxylation is 1. The largest absolute Gasteiger partial charge is 0.494 e. The van der Waals surface area contributed by atoms with Crippen molar-refractivity contribution in [1.82, 2.24) is 14.9 Å². The van der Waals surface area contributed by atoms with Gasteiger partial charge in [0.25, 0.3) is 0 Å². The number of nitrogens with one attached hydrogen (secondary N) is 2. The number of benzene rings is 2. The van der Waals surface area contributed by atoms with Crippen LogP contribution in [0.1, 0.15) is 37.7 Å². The molecule has 162 valence electrons. The second kappa shape index (κ2) is 9.38. The molecule has 0 fully saturated rings. The molecular weight excluding hydrogens is 417 g/mol. The van der Waals surface area contributed by atoms with Crippen molar-refractivity contribution < 1.29 is 13.9 Å². The molecule has 0 saturated heterocycles. The lowest BCUT2D eigenvalue weighted by Crippen LogP contribution is -2.41. The quantitative estimate of drug-likeness (QED) is 0.573. The minimum absolute atomic E-state index is 0.150. The summed E-state index contributed by atoms with van der Waals surface area (Å²) in [5.41, 5.74) is 4.46.